The van der Waals surface area contributed by atoms with Crippen molar-refractivity contribution >= 4 is 50.6 Å². The summed E-state index contributed by atoms with van der Waals surface area (Å²) in [5.74, 6) is 0.522. The zero-order valence-electron chi connectivity index (χ0n) is 17.7. The number of halogens is 2. The second kappa shape index (κ2) is 10.6. The molecular weight excluding hydrogens is 502 g/mol. The van der Waals surface area contributed by atoms with Gasteiger partial charge in [0, 0.05) is 10.9 Å². The molecule has 0 N–H and O–H groups in total. The molecule has 0 radical (unpaired) electrons. The first-order chi connectivity index (χ1) is 15.4. The highest BCUT2D eigenvalue weighted by atomic mass is 79.9. The number of hydrogen-bond donors (Lipinski definition) is 0. The summed E-state index contributed by atoms with van der Waals surface area (Å²) in [7, 11) is 2.71. The van der Waals surface area contributed by atoms with Crippen LogP contribution in [0.3, 0.4) is 0 Å². The number of carbonyl (C=O) groups excluding carboxylic acids is 1. The molecule has 3 rings (SSSR count). The molecule has 0 saturated heterocycles. The van der Waals surface area contributed by atoms with Gasteiger partial charge in [-0.3, -0.25) is 4.79 Å². The molecule has 0 spiro atoms. The third-order valence-electron chi connectivity index (χ3n) is 4.49. The monoisotopic (exact) mass is 521 g/mol. The van der Waals surface area contributed by atoms with Gasteiger partial charge < -0.3 is 14.2 Å². The highest BCUT2D eigenvalue weighted by Gasteiger charge is 2.14. The van der Waals surface area contributed by atoms with E-state index in [1.807, 2.05) is 13.0 Å². The minimum Gasteiger partial charge on any atom is -0.493 e. The van der Waals surface area contributed by atoms with Crippen LogP contribution >= 0.6 is 27.5 Å². The highest BCUT2D eigenvalue weighted by molar-refractivity contribution is 9.10. The number of hydrogen-bond acceptors (Lipinski definition) is 7. The lowest BCUT2D eigenvalue weighted by atomic mass is 10.2. The van der Waals surface area contributed by atoms with E-state index in [-0.39, 0.29) is 22.9 Å². The van der Waals surface area contributed by atoms with Crippen LogP contribution in [0.4, 0.5) is 0 Å². The Balaban J connectivity index is 2.02. The van der Waals surface area contributed by atoms with Crippen LogP contribution in [0.5, 0.6) is 11.5 Å². The molecule has 0 amide bonds. The van der Waals surface area contributed by atoms with E-state index in [4.69, 9.17) is 21.1 Å². The van der Waals surface area contributed by atoms with E-state index < -0.39 is 5.97 Å². The molecule has 10 heteroatoms. The van der Waals surface area contributed by atoms with Crippen LogP contribution in [0.2, 0.25) is 5.02 Å². The summed E-state index contributed by atoms with van der Waals surface area (Å²) in [5.41, 5.74) is 0.915. The molecule has 0 fully saturated rings. The largest absolute Gasteiger partial charge is 0.493 e. The molecule has 0 saturated carbocycles. The molecular formula is C22H21BrClN3O5. The number of rotatable bonds is 8. The molecule has 8 nitrogen and oxygen atoms in total. The smallest absolute Gasteiger partial charge is 0.343 e. The molecule has 0 unspecified atom stereocenters. The van der Waals surface area contributed by atoms with Gasteiger partial charge in [0.05, 0.1) is 36.4 Å². The number of esters is 1. The molecule has 1 aromatic heterocycles. The van der Waals surface area contributed by atoms with Crippen LogP contribution in [0, 0.1) is 0 Å². The number of ether oxygens (including phenoxy) is 3. The first kappa shape index (κ1) is 23.7. The van der Waals surface area contributed by atoms with E-state index in [0.29, 0.717) is 34.5 Å². The number of fused-ring (bicyclic) bond motifs is 1. The van der Waals surface area contributed by atoms with E-state index in [1.165, 1.54) is 25.1 Å². The summed E-state index contributed by atoms with van der Waals surface area (Å²) in [6.45, 7) is 1.69. The quantitative estimate of drug-likeness (QED) is 0.325. The molecule has 2 aromatic carbocycles. The van der Waals surface area contributed by atoms with Gasteiger partial charge in [0.25, 0.3) is 5.56 Å². The Morgan fingerprint density at radius 1 is 1.28 bits per heavy atom. The Kier molecular flexibility index (Phi) is 7.87. The van der Waals surface area contributed by atoms with Gasteiger partial charge in [0.15, 0.2) is 18.1 Å². The van der Waals surface area contributed by atoms with Crippen molar-refractivity contribution in [1.29, 1.82) is 0 Å². The number of aryl methyl sites for hydroxylation is 1. The van der Waals surface area contributed by atoms with Crippen molar-refractivity contribution in [2.75, 3.05) is 20.8 Å². The average molecular weight is 523 g/mol. The van der Waals surface area contributed by atoms with Gasteiger partial charge in [-0.1, -0.05) is 34.5 Å². The average Bonchev–Trinajstić information content (AvgIpc) is 2.78. The Morgan fingerprint density at radius 2 is 2.06 bits per heavy atom. The van der Waals surface area contributed by atoms with Crippen LogP contribution < -0.4 is 15.0 Å². The van der Waals surface area contributed by atoms with Gasteiger partial charge >= 0.3 is 5.97 Å². The Bertz CT molecular complexity index is 1240. The van der Waals surface area contributed by atoms with E-state index >= 15 is 0 Å². The van der Waals surface area contributed by atoms with Crippen LogP contribution in [0.1, 0.15) is 24.7 Å². The topological polar surface area (TPSA) is 92.0 Å². The van der Waals surface area contributed by atoms with Crippen molar-refractivity contribution in [3.05, 3.63) is 61.6 Å². The van der Waals surface area contributed by atoms with Gasteiger partial charge in [0.2, 0.25) is 0 Å². The van der Waals surface area contributed by atoms with E-state index in [9.17, 15) is 9.59 Å². The predicted octanol–water partition coefficient (Wildman–Crippen LogP) is 4.21. The van der Waals surface area contributed by atoms with Crippen molar-refractivity contribution in [3.8, 4) is 11.5 Å². The number of aromatic nitrogens is 2. The van der Waals surface area contributed by atoms with Crippen molar-refractivity contribution < 1.29 is 19.0 Å². The fraction of sp³-hybridized carbons (Fsp3) is 0.273. The summed E-state index contributed by atoms with van der Waals surface area (Å²) in [6, 6.07) is 8.59. The van der Waals surface area contributed by atoms with Gasteiger partial charge in [0.1, 0.15) is 5.82 Å². The first-order valence-electron chi connectivity index (χ1n) is 9.70. The number of benzene rings is 2. The maximum absolute atomic E-state index is 13.1. The van der Waals surface area contributed by atoms with Crippen LogP contribution in [-0.2, 0) is 16.0 Å². The summed E-state index contributed by atoms with van der Waals surface area (Å²) in [4.78, 5) is 29.1. The molecule has 32 heavy (non-hydrogen) atoms. The zero-order valence-corrected chi connectivity index (χ0v) is 20.1. The zero-order chi connectivity index (χ0) is 23.3. The molecule has 0 atom stereocenters. The second-order valence-corrected chi connectivity index (χ2v) is 8.02. The number of nitrogens with zero attached hydrogens (tertiary/aromatic N) is 3. The second-order valence-electron chi connectivity index (χ2n) is 6.70. The van der Waals surface area contributed by atoms with Crippen LogP contribution in [-0.4, -0.2) is 42.7 Å². The fourth-order valence-electron chi connectivity index (χ4n) is 2.97. The van der Waals surface area contributed by atoms with Crippen molar-refractivity contribution in [2.24, 2.45) is 5.10 Å². The first-order valence-corrected chi connectivity index (χ1v) is 10.9. The van der Waals surface area contributed by atoms with Crippen molar-refractivity contribution in [1.82, 2.24) is 9.66 Å². The SMILES string of the molecule is CCCc1nc2ccc(Br)cc2c(=O)n1N=Cc1cc(Cl)c(OCC(=O)OC)c(OC)c1. The van der Waals surface area contributed by atoms with Crippen molar-refractivity contribution in [2.45, 2.75) is 19.8 Å². The van der Waals surface area contributed by atoms with Crippen molar-refractivity contribution in [3.63, 3.8) is 0 Å². The van der Waals surface area contributed by atoms with E-state index in [1.54, 1.807) is 24.3 Å². The number of carbonyl (C=O) groups is 1. The van der Waals surface area contributed by atoms with Gasteiger partial charge in [-0.05, 0) is 42.3 Å². The Hall–Kier alpha value is -2.91. The normalized spacial score (nSPS) is 11.2. The summed E-state index contributed by atoms with van der Waals surface area (Å²) < 4.78 is 17.4. The fourth-order valence-corrected chi connectivity index (χ4v) is 3.60. The standard InChI is InChI=1S/C22H21BrClN3O5/c1-4-5-19-26-17-7-6-14(23)10-15(17)22(29)27(19)25-11-13-8-16(24)21(18(9-13)30-2)32-12-20(28)31-3/h6-11H,4-5,12H2,1-3H3. The molecule has 0 aliphatic heterocycles. The van der Waals surface area contributed by atoms with Gasteiger partial charge in [-0.15, -0.1) is 0 Å². The van der Waals surface area contributed by atoms with Gasteiger partial charge in [-0.25, -0.2) is 9.78 Å². The van der Waals surface area contributed by atoms with Crippen LogP contribution in [0.15, 0.2) is 44.7 Å². The third-order valence-corrected chi connectivity index (χ3v) is 5.26. The number of methoxy groups -OCH3 is 2. The molecule has 0 aliphatic rings. The predicted molar refractivity (Wildman–Crippen MR) is 126 cm³/mol. The van der Waals surface area contributed by atoms with Crippen LogP contribution in [0.25, 0.3) is 10.9 Å². The third kappa shape index (κ3) is 5.28. The lowest BCUT2D eigenvalue weighted by Gasteiger charge is -2.12. The summed E-state index contributed by atoms with van der Waals surface area (Å²) >= 11 is 9.71. The maximum Gasteiger partial charge on any atom is 0.343 e. The minimum absolute atomic E-state index is 0.206. The van der Waals surface area contributed by atoms with Gasteiger partial charge in [-0.2, -0.15) is 9.78 Å². The molecule has 0 bridgehead atoms. The molecule has 0 aliphatic carbocycles. The lowest BCUT2D eigenvalue weighted by Crippen LogP contribution is -2.22. The molecule has 3 aromatic rings. The Labute approximate surface area is 197 Å². The highest BCUT2D eigenvalue weighted by Crippen LogP contribution is 2.36. The summed E-state index contributed by atoms with van der Waals surface area (Å²) in [5, 5.41) is 5.06. The maximum atomic E-state index is 13.1. The Morgan fingerprint density at radius 3 is 2.75 bits per heavy atom. The summed E-state index contributed by atoms with van der Waals surface area (Å²) in [6.07, 6.45) is 2.88. The minimum atomic E-state index is -0.549. The lowest BCUT2D eigenvalue weighted by molar-refractivity contribution is -0.142. The molecule has 168 valence electrons. The molecule has 1 heterocycles. The van der Waals surface area contributed by atoms with E-state index in [2.05, 4.69) is 30.8 Å². The van der Waals surface area contributed by atoms with E-state index in [0.717, 1.165) is 10.9 Å².